The molecule has 88 valence electrons. The minimum atomic E-state index is -0.00197. The Morgan fingerprint density at radius 1 is 1.33 bits per heavy atom. The molecule has 0 spiro atoms. The predicted molar refractivity (Wildman–Crippen MR) is 59.8 cm³/mol. The van der Waals surface area contributed by atoms with E-state index in [-0.39, 0.29) is 11.4 Å². The molecule has 4 nitrogen and oxygen atoms in total. The van der Waals surface area contributed by atoms with Gasteiger partial charge in [-0.15, -0.1) is 0 Å². The second kappa shape index (κ2) is 5.47. The molecule has 0 aromatic rings. The Bertz CT molecular complexity index is 203. The van der Waals surface area contributed by atoms with Gasteiger partial charge in [-0.05, 0) is 27.2 Å². The van der Waals surface area contributed by atoms with E-state index in [0.717, 1.165) is 26.1 Å². The van der Waals surface area contributed by atoms with Gasteiger partial charge in [0.05, 0.1) is 13.2 Å². The Labute approximate surface area is 92.0 Å². The lowest BCUT2D eigenvalue weighted by molar-refractivity contribution is -0.130. The number of hydrogen-bond donors (Lipinski definition) is 1. The van der Waals surface area contributed by atoms with Crippen LogP contribution in [0.4, 0.5) is 0 Å². The second-order valence-corrected chi connectivity index (χ2v) is 4.95. The van der Waals surface area contributed by atoms with Gasteiger partial charge in [-0.1, -0.05) is 0 Å². The van der Waals surface area contributed by atoms with Gasteiger partial charge < -0.3 is 15.0 Å². The molecule has 0 aliphatic carbocycles. The first kappa shape index (κ1) is 12.5. The summed E-state index contributed by atoms with van der Waals surface area (Å²) in [7, 11) is 0. The maximum atomic E-state index is 11.8. The molecule has 1 saturated heterocycles. The number of hydrogen-bond acceptors (Lipinski definition) is 3. The third-order valence-corrected chi connectivity index (χ3v) is 2.34. The molecule has 0 unspecified atom stereocenters. The molecule has 1 fully saturated rings. The molecule has 0 aromatic carbocycles. The summed E-state index contributed by atoms with van der Waals surface area (Å²) in [6, 6.07) is 0. The third-order valence-electron chi connectivity index (χ3n) is 2.34. The zero-order valence-electron chi connectivity index (χ0n) is 10.0. The second-order valence-electron chi connectivity index (χ2n) is 4.95. The van der Waals surface area contributed by atoms with Gasteiger partial charge in [0, 0.05) is 25.2 Å². The zero-order valence-corrected chi connectivity index (χ0v) is 10.0. The largest absolute Gasteiger partial charge is 0.380 e. The van der Waals surface area contributed by atoms with E-state index >= 15 is 0 Å². The number of carbonyl (C=O) groups excluding carboxylic acids is 1. The molecule has 0 aromatic heterocycles. The summed E-state index contributed by atoms with van der Waals surface area (Å²) in [5, 5.41) is 3.21. The average molecular weight is 214 g/mol. The minimum Gasteiger partial charge on any atom is -0.380 e. The lowest BCUT2D eigenvalue weighted by Gasteiger charge is -2.24. The van der Waals surface area contributed by atoms with Crippen molar-refractivity contribution in [2.75, 3.05) is 32.8 Å². The first-order chi connectivity index (χ1) is 6.99. The van der Waals surface area contributed by atoms with Gasteiger partial charge >= 0.3 is 0 Å². The Morgan fingerprint density at radius 2 is 2.07 bits per heavy atom. The zero-order chi connectivity index (χ0) is 11.3. The van der Waals surface area contributed by atoms with Gasteiger partial charge in [0.25, 0.3) is 0 Å². The van der Waals surface area contributed by atoms with Crippen molar-refractivity contribution in [3.8, 4) is 0 Å². The molecule has 0 atom stereocenters. The van der Waals surface area contributed by atoms with Crippen LogP contribution >= 0.6 is 0 Å². The van der Waals surface area contributed by atoms with E-state index in [2.05, 4.69) is 26.1 Å². The Hall–Kier alpha value is -0.610. The van der Waals surface area contributed by atoms with Crippen LogP contribution in [0.15, 0.2) is 0 Å². The van der Waals surface area contributed by atoms with Crippen LogP contribution in [0, 0.1) is 0 Å². The van der Waals surface area contributed by atoms with Crippen LogP contribution in [0.1, 0.15) is 27.2 Å². The smallest absolute Gasteiger partial charge is 0.236 e. The highest BCUT2D eigenvalue weighted by Crippen LogP contribution is 2.01. The number of ether oxygens (including phenoxy) is 1. The monoisotopic (exact) mass is 214 g/mol. The van der Waals surface area contributed by atoms with Crippen molar-refractivity contribution >= 4 is 5.91 Å². The van der Waals surface area contributed by atoms with E-state index in [1.54, 1.807) is 0 Å². The molecule has 1 amide bonds. The molecule has 1 N–H and O–H groups in total. The van der Waals surface area contributed by atoms with Crippen molar-refractivity contribution in [2.24, 2.45) is 0 Å². The summed E-state index contributed by atoms with van der Waals surface area (Å²) in [5.74, 6) is 0.176. The van der Waals surface area contributed by atoms with E-state index < -0.39 is 0 Å². The fourth-order valence-corrected chi connectivity index (χ4v) is 1.45. The number of nitrogens with one attached hydrogen (secondary N) is 1. The van der Waals surface area contributed by atoms with Crippen molar-refractivity contribution in [2.45, 2.75) is 32.7 Å². The highest BCUT2D eigenvalue weighted by molar-refractivity contribution is 5.78. The lowest BCUT2D eigenvalue weighted by atomic mass is 10.1. The van der Waals surface area contributed by atoms with Crippen LogP contribution in [0.2, 0.25) is 0 Å². The van der Waals surface area contributed by atoms with Gasteiger partial charge in [0.15, 0.2) is 0 Å². The summed E-state index contributed by atoms with van der Waals surface area (Å²) in [6.45, 7) is 9.60. The first-order valence-corrected chi connectivity index (χ1v) is 5.59. The van der Waals surface area contributed by atoms with Crippen LogP contribution in [0.5, 0.6) is 0 Å². The lowest BCUT2D eigenvalue weighted by Crippen LogP contribution is -2.45. The topological polar surface area (TPSA) is 41.6 Å². The summed E-state index contributed by atoms with van der Waals surface area (Å²) in [5.41, 5.74) is -0.00197. The summed E-state index contributed by atoms with van der Waals surface area (Å²) in [6.07, 6.45) is 0.946. The van der Waals surface area contributed by atoms with Crippen LogP contribution in [-0.4, -0.2) is 49.2 Å². The molecule has 0 saturated carbocycles. The van der Waals surface area contributed by atoms with Crippen molar-refractivity contribution in [1.29, 1.82) is 0 Å². The fourth-order valence-electron chi connectivity index (χ4n) is 1.45. The van der Waals surface area contributed by atoms with Crippen molar-refractivity contribution < 1.29 is 9.53 Å². The molecule has 4 heteroatoms. The molecule has 0 bridgehead atoms. The van der Waals surface area contributed by atoms with Gasteiger partial charge in [-0.2, -0.15) is 0 Å². The molecule has 1 aliphatic heterocycles. The van der Waals surface area contributed by atoms with Gasteiger partial charge in [0.2, 0.25) is 5.91 Å². The summed E-state index contributed by atoms with van der Waals surface area (Å²) >= 11 is 0. The maximum Gasteiger partial charge on any atom is 0.236 e. The predicted octanol–water partition coefficient (Wildman–Crippen LogP) is 0.623. The van der Waals surface area contributed by atoms with Crippen LogP contribution < -0.4 is 5.32 Å². The number of nitrogens with zero attached hydrogens (tertiary/aromatic N) is 1. The van der Waals surface area contributed by atoms with Gasteiger partial charge in [0.1, 0.15) is 0 Å². The Kier molecular flexibility index (Phi) is 4.54. The highest BCUT2D eigenvalue weighted by Gasteiger charge is 2.17. The first-order valence-electron chi connectivity index (χ1n) is 5.59. The minimum absolute atomic E-state index is 0.00197. The van der Waals surface area contributed by atoms with Crippen LogP contribution in [0.25, 0.3) is 0 Å². The number of rotatable bonds is 2. The SMILES string of the molecule is CC(C)(C)NCC(=O)N1CCCOCC1. The maximum absolute atomic E-state index is 11.8. The van der Waals surface area contributed by atoms with E-state index in [0.29, 0.717) is 13.2 Å². The van der Waals surface area contributed by atoms with Gasteiger partial charge in [-0.25, -0.2) is 0 Å². The van der Waals surface area contributed by atoms with Crippen LogP contribution in [-0.2, 0) is 9.53 Å². The van der Waals surface area contributed by atoms with Crippen molar-refractivity contribution in [3.05, 3.63) is 0 Å². The fraction of sp³-hybridized carbons (Fsp3) is 0.909. The highest BCUT2D eigenvalue weighted by atomic mass is 16.5. The molecular weight excluding hydrogens is 192 g/mol. The number of carbonyl (C=O) groups is 1. The standard InChI is InChI=1S/C11H22N2O2/c1-11(2,3)12-9-10(14)13-5-4-7-15-8-6-13/h12H,4-9H2,1-3H3. The Morgan fingerprint density at radius 3 is 2.73 bits per heavy atom. The molecule has 15 heavy (non-hydrogen) atoms. The summed E-state index contributed by atoms with van der Waals surface area (Å²) < 4.78 is 5.31. The van der Waals surface area contributed by atoms with E-state index in [4.69, 9.17) is 4.74 Å². The number of amides is 1. The molecule has 0 radical (unpaired) electrons. The van der Waals surface area contributed by atoms with E-state index in [9.17, 15) is 4.79 Å². The molecule has 1 aliphatic rings. The van der Waals surface area contributed by atoms with E-state index in [1.807, 2.05) is 4.90 Å². The van der Waals surface area contributed by atoms with Crippen LogP contribution in [0.3, 0.4) is 0 Å². The van der Waals surface area contributed by atoms with Gasteiger partial charge in [-0.3, -0.25) is 4.79 Å². The summed E-state index contributed by atoms with van der Waals surface area (Å²) in [4.78, 5) is 13.7. The third kappa shape index (κ3) is 5.14. The van der Waals surface area contributed by atoms with E-state index in [1.165, 1.54) is 0 Å². The normalized spacial score (nSPS) is 18.7. The van der Waals surface area contributed by atoms with Crippen molar-refractivity contribution in [1.82, 2.24) is 10.2 Å². The quantitative estimate of drug-likeness (QED) is 0.733. The average Bonchev–Trinajstić information content (AvgIpc) is 2.41. The molecule has 1 heterocycles. The molecular formula is C11H22N2O2. The Balaban J connectivity index is 2.32. The molecule has 1 rings (SSSR count). The van der Waals surface area contributed by atoms with Crippen molar-refractivity contribution in [3.63, 3.8) is 0 Å².